The third-order valence-electron chi connectivity index (χ3n) is 5.50. The fraction of sp³-hybridized carbons (Fsp3) is 0.217. The van der Waals surface area contributed by atoms with Crippen LogP contribution in [0.3, 0.4) is 0 Å². The summed E-state index contributed by atoms with van der Waals surface area (Å²) in [6, 6.07) is 12.4. The number of nitrogens with zero attached hydrogens (tertiary/aromatic N) is 2. The van der Waals surface area contributed by atoms with Gasteiger partial charge in [-0.3, -0.25) is 0 Å². The molecule has 7 heteroatoms. The van der Waals surface area contributed by atoms with Crippen LogP contribution < -0.4 is 14.2 Å². The van der Waals surface area contributed by atoms with Crippen molar-refractivity contribution >= 4 is 14.5 Å². The summed E-state index contributed by atoms with van der Waals surface area (Å²) in [7, 11) is 4.84. The van der Waals surface area contributed by atoms with E-state index in [1.54, 1.807) is 21.3 Å². The van der Waals surface area contributed by atoms with E-state index in [4.69, 9.17) is 14.2 Å². The zero-order valence-electron chi connectivity index (χ0n) is 17.2. The molecule has 0 amide bonds. The molecule has 30 heavy (non-hydrogen) atoms. The Morgan fingerprint density at radius 3 is 2.33 bits per heavy atom. The van der Waals surface area contributed by atoms with Crippen molar-refractivity contribution in [2.75, 3.05) is 21.3 Å². The standard InChI is InChI=1S/C23H21N3O3Se/c1-12-19(16-9-13-7-5-6-8-15(13)20(16)24-12)23-26-25-22(30-23)14-10-17(27-2)21(29-4)18(11-14)28-3/h5-8,10-11,24H,9H2,1-4H3. The number of hydrogen-bond acceptors (Lipinski definition) is 5. The van der Waals surface area contributed by atoms with E-state index in [-0.39, 0.29) is 14.5 Å². The quantitative estimate of drug-likeness (QED) is 0.395. The normalized spacial score (nSPS) is 11.9. The number of fused-ring (bicyclic) bond motifs is 3. The van der Waals surface area contributed by atoms with Gasteiger partial charge in [-0.15, -0.1) is 0 Å². The van der Waals surface area contributed by atoms with E-state index in [0.29, 0.717) is 17.2 Å². The molecule has 1 aliphatic rings. The van der Waals surface area contributed by atoms with E-state index in [2.05, 4.69) is 46.4 Å². The number of nitrogens with one attached hydrogen (secondary N) is 1. The van der Waals surface area contributed by atoms with Crippen LogP contribution >= 0.6 is 0 Å². The molecule has 2 aromatic heterocycles. The fourth-order valence-corrected chi connectivity index (χ4v) is 6.14. The van der Waals surface area contributed by atoms with Gasteiger partial charge in [0.05, 0.1) is 0 Å². The maximum absolute atomic E-state index is 5.50. The van der Waals surface area contributed by atoms with Gasteiger partial charge in [0.1, 0.15) is 0 Å². The summed E-state index contributed by atoms with van der Waals surface area (Å²) >= 11 is -0.0277. The number of hydrogen-bond donors (Lipinski definition) is 1. The Bertz CT molecular complexity index is 1230. The molecule has 6 nitrogen and oxygen atoms in total. The van der Waals surface area contributed by atoms with E-state index < -0.39 is 0 Å². The topological polar surface area (TPSA) is 69.3 Å². The zero-order valence-corrected chi connectivity index (χ0v) is 18.9. The van der Waals surface area contributed by atoms with Crippen LogP contribution in [0.2, 0.25) is 0 Å². The van der Waals surface area contributed by atoms with Gasteiger partial charge in [-0.25, -0.2) is 0 Å². The predicted octanol–water partition coefficient (Wildman–Crippen LogP) is 4.10. The van der Waals surface area contributed by atoms with Gasteiger partial charge in [-0.2, -0.15) is 0 Å². The van der Waals surface area contributed by atoms with Gasteiger partial charge in [0, 0.05) is 0 Å². The van der Waals surface area contributed by atoms with Gasteiger partial charge < -0.3 is 0 Å². The van der Waals surface area contributed by atoms with E-state index in [9.17, 15) is 0 Å². The molecule has 2 aromatic carbocycles. The molecule has 1 aliphatic carbocycles. The van der Waals surface area contributed by atoms with Crippen molar-refractivity contribution in [3.8, 4) is 48.8 Å². The Kier molecular flexibility index (Phi) is 4.65. The number of rotatable bonds is 5. The summed E-state index contributed by atoms with van der Waals surface area (Å²) in [5.41, 5.74) is 8.50. The van der Waals surface area contributed by atoms with Crippen LogP contribution in [-0.2, 0) is 6.42 Å². The van der Waals surface area contributed by atoms with Gasteiger partial charge in [0.2, 0.25) is 0 Å². The summed E-state index contributed by atoms with van der Waals surface area (Å²) in [4.78, 5) is 3.59. The summed E-state index contributed by atoms with van der Waals surface area (Å²) in [6.07, 6.45) is 0.930. The molecule has 5 rings (SSSR count). The number of H-pyrrole nitrogens is 1. The van der Waals surface area contributed by atoms with Gasteiger partial charge in [-0.1, -0.05) is 0 Å². The van der Waals surface area contributed by atoms with Gasteiger partial charge in [0.25, 0.3) is 0 Å². The number of aromatic nitrogens is 3. The Balaban J connectivity index is 1.58. The molecule has 4 aromatic rings. The Labute approximate surface area is 180 Å². The zero-order chi connectivity index (χ0) is 20.8. The molecular weight excluding hydrogens is 445 g/mol. The van der Waals surface area contributed by atoms with Crippen LogP contribution in [0.25, 0.3) is 31.5 Å². The first kappa shape index (κ1) is 19.0. The second-order valence-corrected chi connectivity index (χ2v) is 9.19. The number of aryl methyl sites for hydroxylation is 1. The van der Waals surface area contributed by atoms with Crippen molar-refractivity contribution in [3.63, 3.8) is 0 Å². The average Bonchev–Trinajstić information content (AvgIpc) is 3.46. The van der Waals surface area contributed by atoms with Crippen molar-refractivity contribution in [1.82, 2.24) is 15.2 Å². The third kappa shape index (κ3) is 2.85. The van der Waals surface area contributed by atoms with Crippen molar-refractivity contribution < 1.29 is 14.2 Å². The first-order chi connectivity index (χ1) is 14.6. The third-order valence-corrected chi connectivity index (χ3v) is 7.57. The molecule has 0 radical (unpaired) electrons. The van der Waals surface area contributed by atoms with E-state index in [0.717, 1.165) is 26.8 Å². The fourth-order valence-electron chi connectivity index (χ4n) is 4.13. The first-order valence-electron chi connectivity index (χ1n) is 9.58. The molecule has 0 fully saturated rings. The van der Waals surface area contributed by atoms with Crippen molar-refractivity contribution in [1.29, 1.82) is 0 Å². The van der Waals surface area contributed by atoms with Crippen LogP contribution in [0.15, 0.2) is 36.4 Å². The Hall–Kier alpha value is -3.02. The average molecular weight is 466 g/mol. The van der Waals surface area contributed by atoms with Gasteiger partial charge >= 0.3 is 181 Å². The van der Waals surface area contributed by atoms with Crippen molar-refractivity contribution in [2.45, 2.75) is 13.3 Å². The first-order valence-corrected chi connectivity index (χ1v) is 11.3. The molecule has 1 N–H and O–H groups in total. The molecule has 0 aliphatic heterocycles. The van der Waals surface area contributed by atoms with Crippen LogP contribution in [0.4, 0.5) is 0 Å². The summed E-state index contributed by atoms with van der Waals surface area (Å²) in [5, 5.41) is 9.12. The van der Waals surface area contributed by atoms with E-state index in [1.807, 2.05) is 12.1 Å². The van der Waals surface area contributed by atoms with Crippen LogP contribution in [0, 0.1) is 6.92 Å². The van der Waals surface area contributed by atoms with Gasteiger partial charge in [0.15, 0.2) is 0 Å². The van der Waals surface area contributed by atoms with E-state index >= 15 is 0 Å². The van der Waals surface area contributed by atoms with E-state index in [1.165, 1.54) is 27.9 Å². The van der Waals surface area contributed by atoms with Crippen LogP contribution in [-0.4, -0.2) is 51.0 Å². The van der Waals surface area contributed by atoms with Gasteiger partial charge in [-0.05, 0) is 0 Å². The predicted molar refractivity (Wildman–Crippen MR) is 117 cm³/mol. The molecule has 0 spiro atoms. The molecular formula is C23H21N3O3Se. The summed E-state index contributed by atoms with van der Waals surface area (Å²) < 4.78 is 18.4. The maximum atomic E-state index is 5.50. The molecule has 0 unspecified atom stereocenters. The molecule has 0 atom stereocenters. The van der Waals surface area contributed by atoms with Crippen molar-refractivity contribution in [3.05, 3.63) is 53.2 Å². The molecule has 2 heterocycles. The van der Waals surface area contributed by atoms with Crippen LogP contribution in [0.5, 0.6) is 17.2 Å². The molecule has 152 valence electrons. The van der Waals surface area contributed by atoms with Crippen molar-refractivity contribution in [2.24, 2.45) is 0 Å². The number of aromatic amines is 1. The summed E-state index contributed by atoms with van der Waals surface area (Å²) in [5.74, 6) is 1.81. The minimum absolute atomic E-state index is 0.0277. The Morgan fingerprint density at radius 2 is 1.63 bits per heavy atom. The monoisotopic (exact) mass is 467 g/mol. The molecule has 0 saturated carbocycles. The number of benzene rings is 2. The minimum atomic E-state index is -0.0277. The number of methoxy groups -OCH3 is 3. The Morgan fingerprint density at radius 1 is 0.933 bits per heavy atom. The molecule has 0 saturated heterocycles. The van der Waals surface area contributed by atoms with Crippen LogP contribution in [0.1, 0.15) is 16.8 Å². The second kappa shape index (κ2) is 7.34. The second-order valence-electron chi connectivity index (χ2n) is 7.14. The number of ether oxygens (including phenoxy) is 3. The molecule has 0 bridgehead atoms. The SMILES string of the molecule is COc1cc(-c2nnc(-c3c(C)[nH]c4c3Cc3ccccc3-4)[se]2)cc(OC)c1OC. The summed E-state index contributed by atoms with van der Waals surface area (Å²) in [6.45, 7) is 2.12.